The van der Waals surface area contributed by atoms with Crippen molar-refractivity contribution in [2.24, 2.45) is 0 Å². The second kappa shape index (κ2) is 6.49. The summed E-state index contributed by atoms with van der Waals surface area (Å²) in [6, 6.07) is 8.36. The highest BCUT2D eigenvalue weighted by molar-refractivity contribution is 5.19. The van der Waals surface area contributed by atoms with Crippen molar-refractivity contribution in [2.75, 3.05) is 13.1 Å². The van der Waals surface area contributed by atoms with E-state index in [9.17, 15) is 4.39 Å². The van der Waals surface area contributed by atoms with Gasteiger partial charge in [0.2, 0.25) is 0 Å². The van der Waals surface area contributed by atoms with E-state index in [0.29, 0.717) is 12.1 Å². The zero-order valence-electron chi connectivity index (χ0n) is 12.2. The van der Waals surface area contributed by atoms with E-state index in [1.165, 1.54) is 18.9 Å². The number of piperidine rings is 1. The van der Waals surface area contributed by atoms with Gasteiger partial charge in [0.25, 0.3) is 0 Å². The fourth-order valence-electron chi connectivity index (χ4n) is 2.94. The Morgan fingerprint density at radius 3 is 2.79 bits per heavy atom. The van der Waals surface area contributed by atoms with E-state index >= 15 is 0 Å². The van der Waals surface area contributed by atoms with E-state index in [1.54, 1.807) is 12.1 Å². The molecule has 2 rings (SSSR count). The Hall–Kier alpha value is -0.930. The largest absolute Gasteiger partial charge is 0.311 e. The van der Waals surface area contributed by atoms with Gasteiger partial charge in [-0.25, -0.2) is 4.39 Å². The number of hydrogen-bond donors (Lipinski definition) is 1. The highest BCUT2D eigenvalue weighted by atomic mass is 19.1. The average molecular weight is 264 g/mol. The molecule has 1 fully saturated rings. The molecule has 2 atom stereocenters. The molecule has 1 aliphatic heterocycles. The quantitative estimate of drug-likeness (QED) is 0.897. The van der Waals surface area contributed by atoms with Crippen LogP contribution in [0.1, 0.15) is 45.2 Å². The van der Waals surface area contributed by atoms with Gasteiger partial charge in [-0.15, -0.1) is 0 Å². The van der Waals surface area contributed by atoms with E-state index in [-0.39, 0.29) is 11.9 Å². The molecule has 2 nitrogen and oxygen atoms in total. The first kappa shape index (κ1) is 14.5. The van der Waals surface area contributed by atoms with Crippen molar-refractivity contribution in [2.45, 2.75) is 51.7 Å². The summed E-state index contributed by atoms with van der Waals surface area (Å²) < 4.78 is 13.3. The molecule has 1 saturated heterocycles. The zero-order valence-corrected chi connectivity index (χ0v) is 12.2. The fourth-order valence-corrected chi connectivity index (χ4v) is 2.94. The summed E-state index contributed by atoms with van der Waals surface area (Å²) >= 11 is 0. The third-order valence-corrected chi connectivity index (χ3v) is 3.90. The normalized spacial score (nSPS) is 22.7. The third-order valence-electron chi connectivity index (χ3n) is 3.90. The number of rotatable bonds is 4. The second-order valence-electron chi connectivity index (χ2n) is 5.89. The first-order valence-electron chi connectivity index (χ1n) is 7.32. The first-order chi connectivity index (χ1) is 9.06. The maximum atomic E-state index is 13.3. The molecule has 0 spiro atoms. The van der Waals surface area contributed by atoms with Crippen LogP contribution < -0.4 is 5.32 Å². The van der Waals surface area contributed by atoms with Crippen LogP contribution in [0.4, 0.5) is 4.39 Å². The number of benzene rings is 1. The highest BCUT2D eigenvalue weighted by Crippen LogP contribution is 2.24. The molecule has 1 heterocycles. The van der Waals surface area contributed by atoms with E-state index in [2.05, 4.69) is 31.0 Å². The molecule has 2 unspecified atom stereocenters. The number of nitrogens with zero attached hydrogens (tertiary/aromatic N) is 1. The second-order valence-corrected chi connectivity index (χ2v) is 5.89. The number of likely N-dealkylation sites (tertiary alicyclic amines) is 1. The Balaban J connectivity index is 2.00. The molecule has 1 aliphatic rings. The molecular weight excluding hydrogens is 239 g/mol. The van der Waals surface area contributed by atoms with E-state index in [0.717, 1.165) is 18.7 Å². The zero-order chi connectivity index (χ0) is 13.8. The van der Waals surface area contributed by atoms with E-state index < -0.39 is 0 Å². The summed E-state index contributed by atoms with van der Waals surface area (Å²) in [4.78, 5) is 2.46. The van der Waals surface area contributed by atoms with Gasteiger partial charge >= 0.3 is 0 Å². The smallest absolute Gasteiger partial charge is 0.123 e. The van der Waals surface area contributed by atoms with Crippen molar-refractivity contribution in [3.63, 3.8) is 0 Å². The van der Waals surface area contributed by atoms with Gasteiger partial charge in [-0.1, -0.05) is 26.0 Å². The van der Waals surface area contributed by atoms with Crippen LogP contribution in [0.15, 0.2) is 24.3 Å². The molecule has 0 saturated carbocycles. The van der Waals surface area contributed by atoms with Gasteiger partial charge in [0.05, 0.1) is 0 Å². The summed E-state index contributed by atoms with van der Waals surface area (Å²) in [5.74, 6) is -0.141. The summed E-state index contributed by atoms with van der Waals surface area (Å²) in [5.41, 5.74) is 1.07. The average Bonchev–Trinajstić information content (AvgIpc) is 2.37. The molecule has 0 amide bonds. The Morgan fingerprint density at radius 2 is 2.11 bits per heavy atom. The molecule has 1 aromatic carbocycles. The predicted molar refractivity (Wildman–Crippen MR) is 77.7 cm³/mol. The van der Waals surface area contributed by atoms with Crippen molar-refractivity contribution < 1.29 is 4.39 Å². The summed E-state index contributed by atoms with van der Waals surface area (Å²) in [5, 5.41) is 3.61. The molecule has 106 valence electrons. The lowest BCUT2D eigenvalue weighted by molar-refractivity contribution is 0.142. The van der Waals surface area contributed by atoms with Crippen molar-refractivity contribution in [1.29, 1.82) is 0 Å². The van der Waals surface area contributed by atoms with Crippen LogP contribution in [0.25, 0.3) is 0 Å². The van der Waals surface area contributed by atoms with Crippen molar-refractivity contribution in [3.8, 4) is 0 Å². The lowest BCUT2D eigenvalue weighted by Gasteiger charge is -2.38. The standard InChI is InChI=1S/C16H25FN2/c1-12(2)18-16-8-5-9-19(11-16)13(3)14-6-4-7-15(17)10-14/h4,6-7,10,12-13,16,18H,5,8-9,11H2,1-3H3. The molecule has 0 bridgehead atoms. The van der Waals surface area contributed by atoms with Crippen LogP contribution >= 0.6 is 0 Å². The number of nitrogens with one attached hydrogen (secondary N) is 1. The molecule has 0 aliphatic carbocycles. The van der Waals surface area contributed by atoms with E-state index in [4.69, 9.17) is 0 Å². The lowest BCUT2D eigenvalue weighted by atomic mass is 10.00. The van der Waals surface area contributed by atoms with Gasteiger partial charge in [-0.2, -0.15) is 0 Å². The molecule has 3 heteroatoms. The SMILES string of the molecule is CC(C)NC1CCCN(C(C)c2cccc(F)c2)C1. The minimum absolute atomic E-state index is 0.141. The minimum atomic E-state index is -0.141. The Kier molecular flexibility index (Phi) is 4.94. The molecule has 0 radical (unpaired) electrons. The van der Waals surface area contributed by atoms with Gasteiger partial charge in [0.15, 0.2) is 0 Å². The minimum Gasteiger partial charge on any atom is -0.311 e. The highest BCUT2D eigenvalue weighted by Gasteiger charge is 2.24. The van der Waals surface area contributed by atoms with Gasteiger partial charge in [-0.05, 0) is 44.0 Å². The number of hydrogen-bond acceptors (Lipinski definition) is 2. The van der Waals surface area contributed by atoms with E-state index in [1.807, 2.05) is 6.07 Å². The third kappa shape index (κ3) is 4.02. The van der Waals surface area contributed by atoms with Crippen molar-refractivity contribution in [3.05, 3.63) is 35.6 Å². The van der Waals surface area contributed by atoms with Crippen LogP contribution in [0.2, 0.25) is 0 Å². The van der Waals surface area contributed by atoms with Gasteiger partial charge < -0.3 is 5.32 Å². The van der Waals surface area contributed by atoms with Gasteiger partial charge in [0.1, 0.15) is 5.82 Å². The maximum absolute atomic E-state index is 13.3. The monoisotopic (exact) mass is 264 g/mol. The van der Waals surface area contributed by atoms with Crippen LogP contribution in [-0.4, -0.2) is 30.1 Å². The summed E-state index contributed by atoms with van der Waals surface area (Å²) in [7, 11) is 0. The van der Waals surface area contributed by atoms with Crippen LogP contribution in [-0.2, 0) is 0 Å². The van der Waals surface area contributed by atoms with Crippen molar-refractivity contribution >= 4 is 0 Å². The van der Waals surface area contributed by atoms with Gasteiger partial charge in [0, 0.05) is 24.7 Å². The van der Waals surface area contributed by atoms with Crippen LogP contribution in [0, 0.1) is 5.82 Å². The molecule has 1 aromatic rings. The molecule has 19 heavy (non-hydrogen) atoms. The van der Waals surface area contributed by atoms with Crippen molar-refractivity contribution in [1.82, 2.24) is 10.2 Å². The first-order valence-corrected chi connectivity index (χ1v) is 7.32. The predicted octanol–water partition coefficient (Wildman–Crippen LogP) is 3.35. The summed E-state index contributed by atoms with van der Waals surface area (Å²) in [6.45, 7) is 8.71. The lowest BCUT2D eigenvalue weighted by Crippen LogP contribution is -2.48. The summed E-state index contributed by atoms with van der Waals surface area (Å²) in [6.07, 6.45) is 2.45. The van der Waals surface area contributed by atoms with Crippen LogP contribution in [0.3, 0.4) is 0 Å². The maximum Gasteiger partial charge on any atom is 0.123 e. The number of halogens is 1. The Bertz CT molecular complexity index is 405. The molecular formula is C16H25FN2. The van der Waals surface area contributed by atoms with Gasteiger partial charge in [-0.3, -0.25) is 4.90 Å². The fraction of sp³-hybridized carbons (Fsp3) is 0.625. The Labute approximate surface area is 116 Å². The molecule has 0 aromatic heterocycles. The van der Waals surface area contributed by atoms with Crippen LogP contribution in [0.5, 0.6) is 0 Å². The molecule has 1 N–H and O–H groups in total. The topological polar surface area (TPSA) is 15.3 Å². The Morgan fingerprint density at radius 1 is 1.32 bits per heavy atom.